The number of carboxylic acids is 1. The lowest BCUT2D eigenvalue weighted by Crippen LogP contribution is -1.97. The van der Waals surface area contributed by atoms with Crippen molar-refractivity contribution >= 4 is 23.0 Å². The van der Waals surface area contributed by atoms with Crippen LogP contribution in [0.25, 0.3) is 16.3 Å². The highest BCUT2D eigenvalue weighted by Crippen LogP contribution is 2.25. The fourth-order valence-electron chi connectivity index (χ4n) is 1.85. The summed E-state index contributed by atoms with van der Waals surface area (Å²) in [6.45, 7) is 0. The number of carbonyl (C=O) groups is 1. The Hall–Kier alpha value is -2.21. The summed E-state index contributed by atoms with van der Waals surface area (Å²) < 4.78 is 1.78. The average Bonchev–Trinajstić information content (AvgIpc) is 3.09. The van der Waals surface area contributed by atoms with Crippen molar-refractivity contribution in [2.45, 2.75) is 12.8 Å². The minimum absolute atomic E-state index is 0.0736. The topological polar surface area (TPSA) is 68.0 Å². The Bertz CT molecular complexity index is 682. The van der Waals surface area contributed by atoms with Gasteiger partial charge in [-0.15, -0.1) is 11.3 Å². The van der Waals surface area contributed by atoms with Crippen LogP contribution in [-0.2, 0) is 0 Å². The predicted octanol–water partition coefficient (Wildman–Crippen LogP) is 2.90. The molecule has 0 saturated carbocycles. The molecule has 0 unspecified atom stereocenters. The summed E-state index contributed by atoms with van der Waals surface area (Å²) in [7, 11) is 0. The molecule has 0 saturated heterocycles. The van der Waals surface area contributed by atoms with E-state index in [9.17, 15) is 4.79 Å². The highest BCUT2D eigenvalue weighted by atomic mass is 32.1. The molecule has 96 valence electrons. The third-order valence-corrected chi connectivity index (χ3v) is 3.68. The van der Waals surface area contributed by atoms with Crippen LogP contribution in [0.1, 0.15) is 23.3 Å². The van der Waals surface area contributed by atoms with Gasteiger partial charge in [0.05, 0.1) is 11.9 Å². The zero-order chi connectivity index (χ0) is 13.2. The molecule has 6 heteroatoms. The van der Waals surface area contributed by atoms with E-state index in [1.807, 2.05) is 12.3 Å². The number of rotatable bonds is 3. The van der Waals surface area contributed by atoms with E-state index in [1.165, 1.54) is 16.7 Å². The van der Waals surface area contributed by atoms with Gasteiger partial charge in [0, 0.05) is 17.1 Å². The summed E-state index contributed by atoms with van der Waals surface area (Å²) in [6, 6.07) is 0. The average molecular weight is 273 g/mol. The van der Waals surface area contributed by atoms with E-state index in [-0.39, 0.29) is 5.69 Å². The van der Waals surface area contributed by atoms with E-state index in [0.717, 1.165) is 24.1 Å². The number of carboxylic acid groups (broad SMARTS) is 1. The molecule has 2 aromatic heterocycles. The molecule has 0 aromatic carbocycles. The van der Waals surface area contributed by atoms with Crippen molar-refractivity contribution in [3.8, 4) is 10.6 Å². The first kappa shape index (κ1) is 11.9. The fraction of sp³-hybridized carbons (Fsp3) is 0.154. The molecule has 1 N–H and O–H groups in total. The molecule has 0 amide bonds. The van der Waals surface area contributed by atoms with Crippen LogP contribution in [0.15, 0.2) is 36.0 Å². The van der Waals surface area contributed by atoms with Crippen molar-refractivity contribution in [2.24, 2.45) is 0 Å². The largest absolute Gasteiger partial charge is 0.476 e. The van der Waals surface area contributed by atoms with Crippen molar-refractivity contribution in [3.05, 3.63) is 41.7 Å². The summed E-state index contributed by atoms with van der Waals surface area (Å²) in [6.07, 6.45) is 11.9. The van der Waals surface area contributed by atoms with Gasteiger partial charge in [0.2, 0.25) is 0 Å². The second-order valence-corrected chi connectivity index (χ2v) is 4.98. The minimum atomic E-state index is -1.01. The first-order valence-electron chi connectivity index (χ1n) is 5.85. The second-order valence-electron chi connectivity index (χ2n) is 4.13. The van der Waals surface area contributed by atoms with Gasteiger partial charge in [-0.05, 0) is 18.9 Å². The summed E-state index contributed by atoms with van der Waals surface area (Å²) in [5, 5.41) is 15.4. The lowest BCUT2D eigenvalue weighted by molar-refractivity contribution is 0.0691. The van der Waals surface area contributed by atoms with E-state index < -0.39 is 5.97 Å². The third kappa shape index (κ3) is 2.34. The van der Waals surface area contributed by atoms with Crippen molar-refractivity contribution in [1.82, 2.24) is 14.8 Å². The van der Waals surface area contributed by atoms with Gasteiger partial charge in [-0.1, -0.05) is 12.2 Å². The number of thiazole rings is 1. The molecular weight excluding hydrogens is 262 g/mol. The van der Waals surface area contributed by atoms with Gasteiger partial charge in [-0.2, -0.15) is 5.10 Å². The summed E-state index contributed by atoms with van der Waals surface area (Å²) in [5.74, 6) is -1.01. The molecular formula is C13H11N3O2S. The van der Waals surface area contributed by atoms with E-state index >= 15 is 0 Å². The molecule has 5 nitrogen and oxygen atoms in total. The van der Waals surface area contributed by atoms with E-state index in [2.05, 4.69) is 22.2 Å². The van der Waals surface area contributed by atoms with Crippen LogP contribution in [0.5, 0.6) is 0 Å². The summed E-state index contributed by atoms with van der Waals surface area (Å²) >= 11 is 1.31. The van der Waals surface area contributed by atoms with E-state index in [0.29, 0.717) is 5.01 Å². The number of allylic oxidation sites excluding steroid dienone is 4. The Labute approximate surface area is 113 Å². The van der Waals surface area contributed by atoms with Crippen molar-refractivity contribution < 1.29 is 9.90 Å². The van der Waals surface area contributed by atoms with Gasteiger partial charge in [0.1, 0.15) is 5.01 Å². The van der Waals surface area contributed by atoms with Crippen LogP contribution in [0.2, 0.25) is 0 Å². The summed E-state index contributed by atoms with van der Waals surface area (Å²) in [5.41, 5.74) is 1.94. The van der Waals surface area contributed by atoms with Gasteiger partial charge in [-0.25, -0.2) is 14.5 Å². The van der Waals surface area contributed by atoms with Crippen LogP contribution >= 0.6 is 11.3 Å². The third-order valence-electron chi connectivity index (χ3n) is 2.79. The number of nitrogens with zero attached hydrogens (tertiary/aromatic N) is 3. The predicted molar refractivity (Wildman–Crippen MR) is 72.9 cm³/mol. The van der Waals surface area contributed by atoms with Crippen molar-refractivity contribution in [1.29, 1.82) is 0 Å². The normalized spacial score (nSPS) is 14.4. The maximum absolute atomic E-state index is 10.8. The first-order chi connectivity index (χ1) is 9.24. The Morgan fingerprint density at radius 3 is 3.00 bits per heavy atom. The van der Waals surface area contributed by atoms with Gasteiger partial charge in [0.15, 0.2) is 5.69 Å². The number of hydrogen-bond acceptors (Lipinski definition) is 4. The molecule has 0 spiro atoms. The van der Waals surface area contributed by atoms with Crippen molar-refractivity contribution in [3.63, 3.8) is 0 Å². The maximum atomic E-state index is 10.8. The van der Waals surface area contributed by atoms with Gasteiger partial charge in [0.25, 0.3) is 0 Å². The van der Waals surface area contributed by atoms with Gasteiger partial charge < -0.3 is 5.11 Å². The zero-order valence-corrected chi connectivity index (χ0v) is 10.8. The van der Waals surface area contributed by atoms with Crippen LogP contribution in [0, 0.1) is 0 Å². The fourth-order valence-corrected chi connectivity index (χ4v) is 2.62. The number of hydrogen-bond donors (Lipinski definition) is 1. The highest BCUT2D eigenvalue weighted by Gasteiger charge is 2.12. The zero-order valence-electron chi connectivity index (χ0n) is 9.98. The van der Waals surface area contributed by atoms with E-state index in [4.69, 9.17) is 5.11 Å². The molecule has 0 atom stereocenters. The molecule has 0 bridgehead atoms. The Balaban J connectivity index is 1.90. The van der Waals surface area contributed by atoms with Crippen LogP contribution < -0.4 is 0 Å². The molecule has 2 aromatic rings. The standard InChI is InChI=1S/C13H11N3O2S/c17-13(18)11-8-19-12(15-11)9-6-14-16(7-9)10-4-2-1-3-5-10/h2,4-8H,1,3H2,(H,17,18). The molecule has 0 aliphatic heterocycles. The van der Waals surface area contributed by atoms with Gasteiger partial charge >= 0.3 is 5.97 Å². The molecule has 1 aliphatic rings. The molecule has 19 heavy (non-hydrogen) atoms. The van der Waals surface area contributed by atoms with E-state index in [1.54, 1.807) is 10.9 Å². The molecule has 0 radical (unpaired) electrons. The SMILES string of the molecule is O=C(O)c1csc(-c2cnn(C3=CCCC=C3)c2)n1. The maximum Gasteiger partial charge on any atom is 0.355 e. The lowest BCUT2D eigenvalue weighted by Gasteiger charge is -2.05. The lowest BCUT2D eigenvalue weighted by atomic mass is 10.1. The Kier molecular flexibility index (Phi) is 3.00. The number of aromatic nitrogens is 3. The Morgan fingerprint density at radius 2 is 2.32 bits per heavy atom. The van der Waals surface area contributed by atoms with Crippen LogP contribution in [0.4, 0.5) is 0 Å². The van der Waals surface area contributed by atoms with Gasteiger partial charge in [-0.3, -0.25) is 0 Å². The highest BCUT2D eigenvalue weighted by molar-refractivity contribution is 7.13. The van der Waals surface area contributed by atoms with Crippen LogP contribution in [-0.4, -0.2) is 25.8 Å². The van der Waals surface area contributed by atoms with Crippen LogP contribution in [0.3, 0.4) is 0 Å². The smallest absolute Gasteiger partial charge is 0.355 e. The first-order valence-corrected chi connectivity index (χ1v) is 6.73. The Morgan fingerprint density at radius 1 is 1.42 bits per heavy atom. The summed E-state index contributed by atoms with van der Waals surface area (Å²) in [4.78, 5) is 14.9. The molecule has 1 aliphatic carbocycles. The number of aromatic carboxylic acids is 1. The quantitative estimate of drug-likeness (QED) is 0.933. The molecule has 3 rings (SSSR count). The monoisotopic (exact) mass is 273 g/mol. The minimum Gasteiger partial charge on any atom is -0.476 e. The van der Waals surface area contributed by atoms with Crippen molar-refractivity contribution in [2.75, 3.05) is 0 Å². The molecule has 2 heterocycles. The second kappa shape index (κ2) is 4.81. The molecule has 0 fully saturated rings.